The quantitative estimate of drug-likeness (QED) is 0.413. The average Bonchev–Trinajstić information content (AvgIpc) is 2.77. The fraction of sp³-hybridized carbons (Fsp3) is 0.174. The molecule has 0 saturated heterocycles. The maximum atomic E-state index is 13.5. The molecule has 3 aromatic carbocycles. The van der Waals surface area contributed by atoms with Crippen LogP contribution in [0, 0.1) is 12.7 Å². The number of benzene rings is 3. The van der Waals surface area contributed by atoms with Gasteiger partial charge in [-0.2, -0.15) is 4.31 Å². The van der Waals surface area contributed by atoms with E-state index in [9.17, 15) is 22.8 Å². The van der Waals surface area contributed by atoms with Crippen LogP contribution in [0.2, 0.25) is 0 Å². The maximum absolute atomic E-state index is 13.5. The number of amides is 1. The fourth-order valence-electron chi connectivity index (χ4n) is 3.22. The Hall–Kier alpha value is -3.07. The number of carbonyl (C=O) groups excluding carboxylic acids is 1. The average molecular weight is 443 g/mol. The van der Waals surface area contributed by atoms with Crippen LogP contribution in [0.4, 0.5) is 4.39 Å². The number of hydroxylamine groups is 1. The summed E-state index contributed by atoms with van der Waals surface area (Å²) in [6.07, 6.45) is 0.0412. The molecule has 0 aromatic heterocycles. The number of nitrogens with zero attached hydrogens (tertiary/aromatic N) is 1. The molecule has 0 heterocycles. The van der Waals surface area contributed by atoms with Gasteiger partial charge in [0.25, 0.3) is 5.91 Å². The first-order valence-corrected chi connectivity index (χ1v) is 11.1. The number of sulfonamides is 1. The van der Waals surface area contributed by atoms with Crippen LogP contribution < -0.4 is 5.48 Å². The van der Waals surface area contributed by atoms with Crippen LogP contribution in [0.25, 0.3) is 0 Å². The molecule has 0 fully saturated rings. The molecular weight excluding hydrogens is 419 g/mol. The van der Waals surface area contributed by atoms with Crippen molar-refractivity contribution in [2.45, 2.75) is 30.8 Å². The van der Waals surface area contributed by atoms with Crippen LogP contribution in [0.1, 0.15) is 16.7 Å². The molecule has 31 heavy (non-hydrogen) atoms. The number of halogens is 1. The van der Waals surface area contributed by atoms with Crippen molar-refractivity contribution in [3.8, 4) is 0 Å². The molecular formula is C23H23FN2O4S. The van der Waals surface area contributed by atoms with E-state index in [1.165, 1.54) is 0 Å². The SMILES string of the molecule is Cc1ccc(CN([C@@H](Cc2ccccc2)C(=O)NO)S(=O)(=O)c2ccc(F)cc2)cc1. The predicted octanol–water partition coefficient (Wildman–Crippen LogP) is 3.44. The van der Waals surface area contributed by atoms with Gasteiger partial charge in [0.1, 0.15) is 11.9 Å². The van der Waals surface area contributed by atoms with E-state index in [1.807, 2.05) is 25.1 Å². The molecule has 0 saturated carbocycles. The second-order valence-electron chi connectivity index (χ2n) is 7.17. The van der Waals surface area contributed by atoms with Crippen molar-refractivity contribution in [1.29, 1.82) is 0 Å². The highest BCUT2D eigenvalue weighted by Gasteiger charge is 2.36. The van der Waals surface area contributed by atoms with Gasteiger partial charge in [-0.15, -0.1) is 0 Å². The van der Waals surface area contributed by atoms with Crippen LogP contribution >= 0.6 is 0 Å². The highest BCUT2D eigenvalue weighted by molar-refractivity contribution is 7.89. The van der Waals surface area contributed by atoms with Crippen LogP contribution in [-0.2, 0) is 27.8 Å². The molecule has 0 bridgehead atoms. The molecule has 2 N–H and O–H groups in total. The van der Waals surface area contributed by atoms with Gasteiger partial charge in [-0.1, -0.05) is 60.2 Å². The lowest BCUT2D eigenvalue weighted by molar-refractivity contribution is -0.133. The third-order valence-corrected chi connectivity index (χ3v) is 6.78. The Bertz CT molecular complexity index is 1120. The van der Waals surface area contributed by atoms with Gasteiger partial charge in [-0.3, -0.25) is 10.0 Å². The number of nitrogens with one attached hydrogen (secondary N) is 1. The largest absolute Gasteiger partial charge is 0.289 e. The van der Waals surface area contributed by atoms with Crippen LogP contribution in [0.3, 0.4) is 0 Å². The minimum Gasteiger partial charge on any atom is -0.289 e. The second kappa shape index (κ2) is 9.82. The molecule has 1 amide bonds. The van der Waals surface area contributed by atoms with E-state index < -0.39 is 27.8 Å². The third kappa shape index (κ3) is 5.55. The van der Waals surface area contributed by atoms with Crippen molar-refractivity contribution in [3.63, 3.8) is 0 Å². The summed E-state index contributed by atoms with van der Waals surface area (Å²) in [6, 6.07) is 19.3. The minimum absolute atomic E-state index is 0.0412. The van der Waals surface area contributed by atoms with Gasteiger partial charge in [0, 0.05) is 6.54 Å². The zero-order valence-corrected chi connectivity index (χ0v) is 17.7. The first kappa shape index (κ1) is 22.6. The van der Waals surface area contributed by atoms with Gasteiger partial charge in [-0.25, -0.2) is 18.3 Å². The maximum Gasteiger partial charge on any atom is 0.262 e. The summed E-state index contributed by atoms with van der Waals surface area (Å²) < 4.78 is 41.4. The molecule has 6 nitrogen and oxygen atoms in total. The normalized spacial score (nSPS) is 12.5. The predicted molar refractivity (Wildman–Crippen MR) is 114 cm³/mol. The number of aryl methyl sites for hydroxylation is 1. The van der Waals surface area contributed by atoms with E-state index in [1.54, 1.807) is 41.9 Å². The Morgan fingerprint density at radius 2 is 1.58 bits per heavy atom. The summed E-state index contributed by atoms with van der Waals surface area (Å²) in [7, 11) is -4.21. The number of carbonyl (C=O) groups is 1. The second-order valence-corrected chi connectivity index (χ2v) is 9.06. The fourth-order valence-corrected chi connectivity index (χ4v) is 4.79. The van der Waals surface area contributed by atoms with E-state index in [4.69, 9.17) is 0 Å². The molecule has 0 aliphatic heterocycles. The molecule has 3 aromatic rings. The summed E-state index contributed by atoms with van der Waals surface area (Å²) in [6.45, 7) is 1.80. The zero-order valence-electron chi connectivity index (χ0n) is 16.9. The van der Waals surface area contributed by atoms with Crippen molar-refractivity contribution < 1.29 is 22.8 Å². The van der Waals surface area contributed by atoms with Crippen molar-refractivity contribution in [2.75, 3.05) is 0 Å². The van der Waals surface area contributed by atoms with Gasteiger partial charge in [0.05, 0.1) is 4.90 Å². The Morgan fingerprint density at radius 3 is 2.16 bits per heavy atom. The third-order valence-electron chi connectivity index (χ3n) is 4.91. The summed E-state index contributed by atoms with van der Waals surface area (Å²) in [5, 5.41) is 9.34. The first-order chi connectivity index (χ1) is 14.8. The molecule has 8 heteroatoms. The minimum atomic E-state index is -4.21. The molecule has 1 atom stereocenters. The van der Waals surface area contributed by atoms with Gasteiger partial charge >= 0.3 is 0 Å². The molecule has 0 aliphatic rings. The molecule has 0 aliphatic carbocycles. The number of hydrogen-bond donors (Lipinski definition) is 2. The Balaban J connectivity index is 2.08. The highest BCUT2D eigenvalue weighted by Crippen LogP contribution is 2.24. The van der Waals surface area contributed by atoms with Gasteiger partial charge in [0.2, 0.25) is 10.0 Å². The number of hydrogen-bond acceptors (Lipinski definition) is 4. The molecule has 0 radical (unpaired) electrons. The van der Waals surface area contributed by atoms with Crippen LogP contribution in [-0.4, -0.2) is 29.9 Å². The molecule has 0 spiro atoms. The number of rotatable bonds is 8. The molecule has 162 valence electrons. The van der Waals surface area contributed by atoms with E-state index in [0.29, 0.717) is 5.56 Å². The van der Waals surface area contributed by atoms with E-state index in [2.05, 4.69) is 0 Å². The first-order valence-electron chi connectivity index (χ1n) is 9.62. The smallest absolute Gasteiger partial charge is 0.262 e. The highest BCUT2D eigenvalue weighted by atomic mass is 32.2. The Labute approximate surface area is 181 Å². The Morgan fingerprint density at radius 1 is 0.968 bits per heavy atom. The lowest BCUT2D eigenvalue weighted by Gasteiger charge is -2.30. The standard InChI is InChI=1S/C23H23FN2O4S/c1-17-7-9-19(10-8-17)16-26(31(29,30)21-13-11-20(24)12-14-21)22(23(27)25-28)15-18-5-3-2-4-6-18/h2-14,22,28H,15-16H2,1H3,(H,25,27)/t22-/m0/s1. The van der Waals surface area contributed by atoms with Crippen molar-refractivity contribution in [3.05, 3.63) is 101 Å². The summed E-state index contributed by atoms with van der Waals surface area (Å²) in [5.41, 5.74) is 3.98. The Kier molecular flexibility index (Phi) is 7.17. The molecule has 3 rings (SSSR count). The lowest BCUT2D eigenvalue weighted by atomic mass is 10.0. The van der Waals surface area contributed by atoms with Crippen molar-refractivity contribution in [2.24, 2.45) is 0 Å². The van der Waals surface area contributed by atoms with Gasteiger partial charge < -0.3 is 0 Å². The van der Waals surface area contributed by atoms with E-state index in [-0.39, 0.29) is 17.9 Å². The zero-order chi connectivity index (χ0) is 22.4. The summed E-state index contributed by atoms with van der Waals surface area (Å²) in [4.78, 5) is 12.5. The van der Waals surface area contributed by atoms with E-state index >= 15 is 0 Å². The monoisotopic (exact) mass is 442 g/mol. The summed E-state index contributed by atoms with van der Waals surface area (Å²) in [5.74, 6) is -1.43. The van der Waals surface area contributed by atoms with Gasteiger partial charge in [0.15, 0.2) is 0 Å². The van der Waals surface area contributed by atoms with E-state index in [0.717, 1.165) is 39.7 Å². The molecule has 0 unspecified atom stereocenters. The lowest BCUT2D eigenvalue weighted by Crippen LogP contribution is -2.49. The summed E-state index contributed by atoms with van der Waals surface area (Å²) >= 11 is 0. The van der Waals surface area contributed by atoms with Crippen LogP contribution in [0.15, 0.2) is 83.8 Å². The van der Waals surface area contributed by atoms with Gasteiger partial charge in [-0.05, 0) is 48.7 Å². The van der Waals surface area contributed by atoms with Crippen molar-refractivity contribution in [1.82, 2.24) is 9.79 Å². The van der Waals surface area contributed by atoms with Crippen molar-refractivity contribution >= 4 is 15.9 Å². The van der Waals surface area contributed by atoms with Crippen LogP contribution in [0.5, 0.6) is 0 Å². The topological polar surface area (TPSA) is 86.7 Å².